The first-order valence-corrected chi connectivity index (χ1v) is 8.87. The molecule has 0 spiro atoms. The van der Waals surface area contributed by atoms with E-state index >= 15 is 0 Å². The van der Waals surface area contributed by atoms with E-state index in [4.69, 9.17) is 0 Å². The van der Waals surface area contributed by atoms with Crippen molar-refractivity contribution in [2.24, 2.45) is 11.8 Å². The van der Waals surface area contributed by atoms with Crippen molar-refractivity contribution >= 4 is 9.84 Å². The van der Waals surface area contributed by atoms with Gasteiger partial charge in [0.05, 0.1) is 5.75 Å². The van der Waals surface area contributed by atoms with Gasteiger partial charge in [0.2, 0.25) is 0 Å². The average Bonchev–Trinajstić information content (AvgIpc) is 2.23. The molecule has 1 aliphatic carbocycles. The predicted molar refractivity (Wildman–Crippen MR) is 72.9 cm³/mol. The molecule has 0 aliphatic heterocycles. The van der Waals surface area contributed by atoms with Crippen LogP contribution in [0.3, 0.4) is 0 Å². The molecule has 0 aromatic rings. The molecule has 1 N–H and O–H groups in total. The van der Waals surface area contributed by atoms with Gasteiger partial charge in [0.25, 0.3) is 0 Å². The molecule has 0 heterocycles. The van der Waals surface area contributed by atoms with Gasteiger partial charge in [0, 0.05) is 12.3 Å². The maximum absolute atomic E-state index is 11.0. The summed E-state index contributed by atoms with van der Waals surface area (Å²) in [5.74, 6) is 1.80. The second-order valence-corrected chi connectivity index (χ2v) is 8.00. The number of sulfone groups is 1. The van der Waals surface area contributed by atoms with E-state index in [0.29, 0.717) is 11.8 Å². The zero-order valence-corrected chi connectivity index (χ0v) is 12.2. The molecule has 0 radical (unpaired) electrons. The predicted octanol–water partition coefficient (Wildman–Crippen LogP) is 2.23. The third kappa shape index (κ3) is 5.87. The van der Waals surface area contributed by atoms with Crippen LogP contribution in [0.2, 0.25) is 0 Å². The van der Waals surface area contributed by atoms with Crippen LogP contribution in [-0.4, -0.2) is 33.0 Å². The molecule has 2 atom stereocenters. The molecular formula is C13H27NO2S. The minimum atomic E-state index is -2.80. The SMILES string of the molecule is CC(C)C1CCCCC1NCCCS(C)(=O)=O. The van der Waals surface area contributed by atoms with Gasteiger partial charge in [-0.3, -0.25) is 0 Å². The normalized spacial score (nSPS) is 26.4. The van der Waals surface area contributed by atoms with Crippen LogP contribution in [0.5, 0.6) is 0 Å². The van der Waals surface area contributed by atoms with E-state index in [9.17, 15) is 8.42 Å². The molecule has 2 unspecified atom stereocenters. The van der Waals surface area contributed by atoms with Crippen molar-refractivity contribution in [2.45, 2.75) is 52.0 Å². The fourth-order valence-corrected chi connectivity index (χ4v) is 3.50. The standard InChI is InChI=1S/C13H27NO2S/c1-11(2)12-7-4-5-8-13(12)14-9-6-10-17(3,15)16/h11-14H,4-10H2,1-3H3. The number of hydrogen-bond donors (Lipinski definition) is 1. The molecule has 102 valence electrons. The van der Waals surface area contributed by atoms with Gasteiger partial charge in [-0.05, 0) is 37.6 Å². The van der Waals surface area contributed by atoms with Gasteiger partial charge in [-0.25, -0.2) is 8.42 Å². The fourth-order valence-electron chi connectivity index (χ4n) is 2.83. The Bertz CT molecular complexity index is 311. The number of hydrogen-bond acceptors (Lipinski definition) is 3. The lowest BCUT2D eigenvalue weighted by molar-refractivity contribution is 0.206. The monoisotopic (exact) mass is 261 g/mol. The molecule has 0 saturated heterocycles. The lowest BCUT2D eigenvalue weighted by Gasteiger charge is -2.35. The summed E-state index contributed by atoms with van der Waals surface area (Å²) < 4.78 is 22.1. The highest BCUT2D eigenvalue weighted by molar-refractivity contribution is 7.90. The molecule has 0 bridgehead atoms. The van der Waals surface area contributed by atoms with Gasteiger partial charge in [-0.1, -0.05) is 26.7 Å². The third-order valence-corrected chi connectivity index (χ3v) is 4.80. The van der Waals surface area contributed by atoms with Crippen molar-refractivity contribution in [2.75, 3.05) is 18.6 Å². The summed E-state index contributed by atoms with van der Waals surface area (Å²) in [5.41, 5.74) is 0. The van der Waals surface area contributed by atoms with Crippen molar-refractivity contribution in [3.8, 4) is 0 Å². The lowest BCUT2D eigenvalue weighted by atomic mass is 9.78. The second kappa shape index (κ2) is 6.74. The maximum Gasteiger partial charge on any atom is 0.147 e. The Morgan fingerprint density at radius 3 is 2.47 bits per heavy atom. The molecule has 1 rings (SSSR count). The van der Waals surface area contributed by atoms with Crippen LogP contribution in [0.1, 0.15) is 46.0 Å². The highest BCUT2D eigenvalue weighted by atomic mass is 32.2. The van der Waals surface area contributed by atoms with E-state index in [-0.39, 0.29) is 0 Å². The van der Waals surface area contributed by atoms with Crippen molar-refractivity contribution in [1.82, 2.24) is 5.32 Å². The first-order valence-electron chi connectivity index (χ1n) is 6.81. The highest BCUT2D eigenvalue weighted by Crippen LogP contribution is 2.30. The summed E-state index contributed by atoms with van der Waals surface area (Å²) in [5, 5.41) is 3.56. The molecule has 3 nitrogen and oxygen atoms in total. The quantitative estimate of drug-likeness (QED) is 0.746. The molecule has 0 aromatic heterocycles. The van der Waals surface area contributed by atoms with E-state index in [0.717, 1.165) is 24.8 Å². The van der Waals surface area contributed by atoms with Crippen molar-refractivity contribution in [1.29, 1.82) is 0 Å². The zero-order valence-electron chi connectivity index (χ0n) is 11.4. The summed E-state index contributed by atoms with van der Waals surface area (Å²) in [7, 11) is -2.80. The highest BCUT2D eigenvalue weighted by Gasteiger charge is 2.26. The van der Waals surface area contributed by atoms with Crippen molar-refractivity contribution in [3.63, 3.8) is 0 Å². The summed E-state index contributed by atoms with van der Waals surface area (Å²) in [4.78, 5) is 0. The third-order valence-electron chi connectivity index (χ3n) is 3.77. The van der Waals surface area contributed by atoms with Gasteiger partial charge in [-0.15, -0.1) is 0 Å². The average molecular weight is 261 g/mol. The Labute approximate surface area is 106 Å². The summed E-state index contributed by atoms with van der Waals surface area (Å²) >= 11 is 0. The van der Waals surface area contributed by atoms with E-state index in [2.05, 4.69) is 19.2 Å². The molecule has 0 aromatic carbocycles. The Morgan fingerprint density at radius 2 is 1.88 bits per heavy atom. The van der Waals surface area contributed by atoms with E-state index in [1.54, 1.807) is 0 Å². The van der Waals surface area contributed by atoms with Crippen LogP contribution in [0.4, 0.5) is 0 Å². The van der Waals surface area contributed by atoms with E-state index < -0.39 is 9.84 Å². The van der Waals surface area contributed by atoms with Crippen molar-refractivity contribution < 1.29 is 8.42 Å². The maximum atomic E-state index is 11.0. The Hall–Kier alpha value is -0.0900. The molecule has 1 saturated carbocycles. The fraction of sp³-hybridized carbons (Fsp3) is 1.00. The van der Waals surface area contributed by atoms with E-state index in [1.165, 1.54) is 31.9 Å². The van der Waals surface area contributed by atoms with Crippen LogP contribution < -0.4 is 5.32 Å². The molecule has 4 heteroatoms. The summed E-state index contributed by atoms with van der Waals surface area (Å²) in [6, 6.07) is 0.600. The molecule has 1 fully saturated rings. The van der Waals surface area contributed by atoms with Gasteiger partial charge in [0.1, 0.15) is 9.84 Å². The van der Waals surface area contributed by atoms with Crippen LogP contribution in [-0.2, 0) is 9.84 Å². The first kappa shape index (κ1) is 15.0. The molecule has 1 aliphatic rings. The van der Waals surface area contributed by atoms with Crippen LogP contribution >= 0.6 is 0 Å². The lowest BCUT2D eigenvalue weighted by Crippen LogP contribution is -2.41. The van der Waals surface area contributed by atoms with Gasteiger partial charge >= 0.3 is 0 Å². The first-order chi connectivity index (χ1) is 7.90. The molecule has 0 amide bonds. The Balaban J connectivity index is 2.29. The van der Waals surface area contributed by atoms with Gasteiger partial charge in [-0.2, -0.15) is 0 Å². The smallest absolute Gasteiger partial charge is 0.147 e. The molecule has 17 heavy (non-hydrogen) atoms. The van der Waals surface area contributed by atoms with Gasteiger partial charge < -0.3 is 5.32 Å². The second-order valence-electron chi connectivity index (χ2n) is 5.74. The minimum absolute atomic E-state index is 0.305. The van der Waals surface area contributed by atoms with E-state index in [1.807, 2.05) is 0 Å². The van der Waals surface area contributed by atoms with Gasteiger partial charge in [0.15, 0.2) is 0 Å². The summed E-state index contributed by atoms with van der Waals surface area (Å²) in [6.07, 6.45) is 7.28. The zero-order chi connectivity index (χ0) is 12.9. The van der Waals surface area contributed by atoms with Crippen LogP contribution in [0.25, 0.3) is 0 Å². The summed E-state index contributed by atoms with van der Waals surface area (Å²) in [6.45, 7) is 5.42. The Morgan fingerprint density at radius 1 is 1.24 bits per heavy atom. The van der Waals surface area contributed by atoms with Crippen LogP contribution in [0.15, 0.2) is 0 Å². The number of rotatable bonds is 6. The Kier molecular flexibility index (Phi) is 5.93. The number of nitrogens with one attached hydrogen (secondary N) is 1. The van der Waals surface area contributed by atoms with Crippen molar-refractivity contribution in [3.05, 3.63) is 0 Å². The van der Waals surface area contributed by atoms with Crippen LogP contribution in [0, 0.1) is 11.8 Å². The minimum Gasteiger partial charge on any atom is -0.314 e. The topological polar surface area (TPSA) is 46.2 Å². The molecular weight excluding hydrogens is 234 g/mol. The largest absolute Gasteiger partial charge is 0.314 e.